The Morgan fingerprint density at radius 2 is 1.46 bits per heavy atom. The number of hydrogen-bond acceptors (Lipinski definition) is 3. The van der Waals surface area contributed by atoms with Crippen molar-refractivity contribution in [2.24, 2.45) is 0 Å². The fourth-order valence-corrected chi connectivity index (χ4v) is 0.928. The molecule has 4 heteroatoms. The van der Waals surface area contributed by atoms with Crippen LogP contribution in [0.5, 0.6) is 17.2 Å². The first kappa shape index (κ1) is 9.64. The van der Waals surface area contributed by atoms with Gasteiger partial charge in [-0.25, -0.2) is 4.39 Å². The first-order valence-corrected chi connectivity index (χ1v) is 3.72. The van der Waals surface area contributed by atoms with Crippen molar-refractivity contribution in [3.05, 3.63) is 18.2 Å². The van der Waals surface area contributed by atoms with Gasteiger partial charge in [-0.2, -0.15) is 0 Å². The van der Waals surface area contributed by atoms with Gasteiger partial charge in [0.2, 0.25) is 6.86 Å². The average molecular weight is 186 g/mol. The van der Waals surface area contributed by atoms with Gasteiger partial charge in [0, 0.05) is 18.2 Å². The van der Waals surface area contributed by atoms with E-state index in [2.05, 4.69) is 4.74 Å². The van der Waals surface area contributed by atoms with Crippen molar-refractivity contribution in [1.82, 2.24) is 0 Å². The molecule has 0 N–H and O–H groups in total. The Hall–Kier alpha value is -1.45. The summed E-state index contributed by atoms with van der Waals surface area (Å²) in [6.45, 7) is -0.865. The van der Waals surface area contributed by atoms with Crippen molar-refractivity contribution < 1.29 is 18.6 Å². The highest BCUT2D eigenvalue weighted by molar-refractivity contribution is 5.41. The Morgan fingerprint density at radius 1 is 1.00 bits per heavy atom. The zero-order chi connectivity index (χ0) is 9.68. The first-order valence-electron chi connectivity index (χ1n) is 3.72. The third-order valence-corrected chi connectivity index (χ3v) is 1.55. The van der Waals surface area contributed by atoms with E-state index in [0.29, 0.717) is 17.2 Å². The normalized spacial score (nSPS) is 9.46. The first-order chi connectivity index (χ1) is 6.30. The quantitative estimate of drug-likeness (QED) is 0.719. The molecule has 0 heterocycles. The Bertz CT molecular complexity index is 253. The van der Waals surface area contributed by atoms with Crippen molar-refractivity contribution in [3.63, 3.8) is 0 Å². The molecule has 0 aliphatic rings. The summed E-state index contributed by atoms with van der Waals surface area (Å²) in [6.07, 6.45) is 0. The maximum Gasteiger partial charge on any atom is 0.228 e. The summed E-state index contributed by atoms with van der Waals surface area (Å²) in [5.41, 5.74) is 0. The van der Waals surface area contributed by atoms with Crippen LogP contribution in [0.1, 0.15) is 0 Å². The molecule has 13 heavy (non-hydrogen) atoms. The van der Waals surface area contributed by atoms with Crippen molar-refractivity contribution in [2.75, 3.05) is 21.1 Å². The average Bonchev–Trinajstić information content (AvgIpc) is 2.17. The molecule has 0 unspecified atom stereocenters. The molecule has 0 bridgehead atoms. The van der Waals surface area contributed by atoms with Crippen molar-refractivity contribution in [2.45, 2.75) is 0 Å². The van der Waals surface area contributed by atoms with Gasteiger partial charge in [-0.05, 0) is 0 Å². The highest BCUT2D eigenvalue weighted by atomic mass is 19.1. The minimum absolute atomic E-state index is 0.388. The van der Waals surface area contributed by atoms with E-state index in [1.54, 1.807) is 18.2 Å². The van der Waals surface area contributed by atoms with E-state index in [9.17, 15) is 4.39 Å². The second-order valence-corrected chi connectivity index (χ2v) is 2.30. The van der Waals surface area contributed by atoms with Crippen LogP contribution in [-0.4, -0.2) is 21.1 Å². The number of rotatable bonds is 4. The zero-order valence-corrected chi connectivity index (χ0v) is 7.54. The third kappa shape index (κ3) is 2.50. The summed E-state index contributed by atoms with van der Waals surface area (Å²) in [5.74, 6) is 1.53. The molecule has 1 rings (SSSR count). The van der Waals surface area contributed by atoms with Gasteiger partial charge in [0.05, 0.1) is 14.2 Å². The molecule has 1 aromatic carbocycles. The summed E-state index contributed by atoms with van der Waals surface area (Å²) in [5, 5.41) is 0. The molecular formula is C9H11FO3. The number of halogens is 1. The Morgan fingerprint density at radius 3 is 1.85 bits per heavy atom. The standard InChI is InChI=1S/C9H11FO3/c1-11-7-3-8(12-2)5-9(4-7)13-6-10/h3-5H,6H2,1-2H3. The molecule has 0 atom stereocenters. The Labute approximate surface area is 76.0 Å². The molecule has 3 nitrogen and oxygen atoms in total. The van der Waals surface area contributed by atoms with Gasteiger partial charge < -0.3 is 14.2 Å². The number of benzene rings is 1. The van der Waals surface area contributed by atoms with Gasteiger partial charge in [-0.3, -0.25) is 0 Å². The molecule has 0 amide bonds. The summed E-state index contributed by atoms with van der Waals surface area (Å²) in [7, 11) is 3.04. The zero-order valence-electron chi connectivity index (χ0n) is 7.54. The smallest absolute Gasteiger partial charge is 0.228 e. The van der Waals surface area contributed by atoms with Crippen LogP contribution < -0.4 is 14.2 Å². The van der Waals surface area contributed by atoms with E-state index in [1.165, 1.54) is 14.2 Å². The van der Waals surface area contributed by atoms with Crippen molar-refractivity contribution in [1.29, 1.82) is 0 Å². The van der Waals surface area contributed by atoms with Crippen LogP contribution in [0.15, 0.2) is 18.2 Å². The highest BCUT2D eigenvalue weighted by Crippen LogP contribution is 2.27. The fourth-order valence-electron chi connectivity index (χ4n) is 0.928. The van der Waals surface area contributed by atoms with Crippen LogP contribution in [0.2, 0.25) is 0 Å². The van der Waals surface area contributed by atoms with E-state index in [-0.39, 0.29) is 0 Å². The topological polar surface area (TPSA) is 27.7 Å². The lowest BCUT2D eigenvalue weighted by atomic mass is 10.3. The SMILES string of the molecule is COc1cc(OC)cc(OCF)c1. The fraction of sp³-hybridized carbons (Fsp3) is 0.333. The minimum Gasteiger partial charge on any atom is -0.496 e. The maximum absolute atomic E-state index is 11.8. The van der Waals surface area contributed by atoms with E-state index >= 15 is 0 Å². The number of ether oxygens (including phenoxy) is 3. The van der Waals surface area contributed by atoms with Crippen LogP contribution in [0.4, 0.5) is 4.39 Å². The second kappa shape index (κ2) is 4.54. The van der Waals surface area contributed by atoms with Gasteiger partial charge in [-0.1, -0.05) is 0 Å². The molecule has 0 saturated heterocycles. The summed E-state index contributed by atoms with van der Waals surface area (Å²) < 4.78 is 26.4. The summed E-state index contributed by atoms with van der Waals surface area (Å²) in [6, 6.07) is 4.86. The molecule has 1 aromatic rings. The molecule has 0 spiro atoms. The van der Waals surface area contributed by atoms with E-state index in [4.69, 9.17) is 9.47 Å². The molecule has 0 aromatic heterocycles. The van der Waals surface area contributed by atoms with Gasteiger partial charge in [0.25, 0.3) is 0 Å². The van der Waals surface area contributed by atoms with Crippen LogP contribution in [0, 0.1) is 0 Å². The molecule has 0 aliphatic heterocycles. The predicted octanol–water partition coefficient (Wildman–Crippen LogP) is 2.01. The highest BCUT2D eigenvalue weighted by Gasteiger charge is 2.01. The molecule has 0 radical (unpaired) electrons. The largest absolute Gasteiger partial charge is 0.496 e. The van der Waals surface area contributed by atoms with Crippen LogP contribution in [0.25, 0.3) is 0 Å². The lowest BCUT2D eigenvalue weighted by Gasteiger charge is -2.07. The Balaban J connectivity index is 2.93. The van der Waals surface area contributed by atoms with Gasteiger partial charge in [0.1, 0.15) is 17.2 Å². The summed E-state index contributed by atoms with van der Waals surface area (Å²) in [4.78, 5) is 0. The van der Waals surface area contributed by atoms with Gasteiger partial charge >= 0.3 is 0 Å². The van der Waals surface area contributed by atoms with Crippen molar-refractivity contribution >= 4 is 0 Å². The molecule has 0 aliphatic carbocycles. The molecule has 0 saturated carbocycles. The van der Waals surface area contributed by atoms with Crippen LogP contribution in [0.3, 0.4) is 0 Å². The third-order valence-electron chi connectivity index (χ3n) is 1.55. The van der Waals surface area contributed by atoms with E-state index < -0.39 is 6.86 Å². The number of methoxy groups -OCH3 is 2. The van der Waals surface area contributed by atoms with Gasteiger partial charge in [-0.15, -0.1) is 0 Å². The predicted molar refractivity (Wildman–Crippen MR) is 46.1 cm³/mol. The van der Waals surface area contributed by atoms with Crippen LogP contribution in [-0.2, 0) is 0 Å². The minimum atomic E-state index is -0.865. The maximum atomic E-state index is 11.8. The lowest BCUT2D eigenvalue weighted by molar-refractivity contribution is 0.190. The molecular weight excluding hydrogens is 175 g/mol. The monoisotopic (exact) mass is 186 g/mol. The molecule has 0 fully saturated rings. The number of hydrogen-bond donors (Lipinski definition) is 0. The van der Waals surface area contributed by atoms with Gasteiger partial charge in [0.15, 0.2) is 0 Å². The summed E-state index contributed by atoms with van der Waals surface area (Å²) >= 11 is 0. The lowest BCUT2D eigenvalue weighted by Crippen LogP contribution is -1.93. The molecule has 72 valence electrons. The second-order valence-electron chi connectivity index (χ2n) is 2.30. The van der Waals surface area contributed by atoms with E-state index in [1.807, 2.05) is 0 Å². The van der Waals surface area contributed by atoms with Crippen molar-refractivity contribution in [3.8, 4) is 17.2 Å². The van der Waals surface area contributed by atoms with Crippen LogP contribution >= 0.6 is 0 Å². The van der Waals surface area contributed by atoms with E-state index in [0.717, 1.165) is 0 Å². The number of alkyl halides is 1. The Kier molecular flexibility index (Phi) is 3.37.